The molecule has 1 heterocycles. The quantitative estimate of drug-likeness (QED) is 0.763. The zero-order chi connectivity index (χ0) is 14.9. The minimum absolute atomic E-state index is 0. The molecule has 1 fully saturated rings. The lowest BCUT2D eigenvalue weighted by Crippen LogP contribution is -2.46. The molecular weight excluding hydrogens is 306 g/mol. The van der Waals surface area contributed by atoms with Crippen molar-refractivity contribution in [1.29, 1.82) is 0 Å². The molecule has 1 aromatic carbocycles. The number of ether oxygens (including phenoxy) is 2. The molecule has 1 aromatic rings. The van der Waals surface area contributed by atoms with Crippen molar-refractivity contribution in [2.45, 2.75) is 0 Å². The van der Waals surface area contributed by atoms with Crippen LogP contribution >= 0.6 is 12.4 Å². The highest BCUT2D eigenvalue weighted by Gasteiger charge is 2.09. The van der Waals surface area contributed by atoms with Crippen molar-refractivity contribution in [2.24, 2.45) is 0 Å². The van der Waals surface area contributed by atoms with Crippen LogP contribution in [0.2, 0.25) is 0 Å². The summed E-state index contributed by atoms with van der Waals surface area (Å²) in [5.74, 6) is 1.24. The molecule has 1 aliphatic rings. The summed E-state index contributed by atoms with van der Waals surface area (Å²) in [6.45, 7) is 5.67. The van der Waals surface area contributed by atoms with Gasteiger partial charge in [0.05, 0.1) is 7.11 Å². The molecular formula is C15H24ClN3O3. The van der Waals surface area contributed by atoms with E-state index in [1.807, 2.05) is 12.1 Å². The molecule has 0 unspecified atom stereocenters. The molecule has 6 nitrogen and oxygen atoms in total. The summed E-state index contributed by atoms with van der Waals surface area (Å²) in [7, 11) is 1.60. The number of methoxy groups -OCH3 is 1. The maximum absolute atomic E-state index is 11.7. The van der Waals surface area contributed by atoms with Gasteiger partial charge in [-0.1, -0.05) is 6.07 Å². The van der Waals surface area contributed by atoms with Crippen LogP contribution < -0.4 is 20.1 Å². The number of halogens is 1. The maximum atomic E-state index is 11.7. The highest BCUT2D eigenvalue weighted by Crippen LogP contribution is 2.18. The number of benzene rings is 1. The highest BCUT2D eigenvalue weighted by molar-refractivity contribution is 5.85. The Morgan fingerprint density at radius 2 is 2.05 bits per heavy atom. The van der Waals surface area contributed by atoms with E-state index in [0.29, 0.717) is 18.0 Å². The third kappa shape index (κ3) is 6.51. The van der Waals surface area contributed by atoms with E-state index in [1.54, 1.807) is 19.2 Å². The van der Waals surface area contributed by atoms with E-state index in [0.717, 1.165) is 32.7 Å². The van der Waals surface area contributed by atoms with Gasteiger partial charge in [0, 0.05) is 45.3 Å². The van der Waals surface area contributed by atoms with E-state index in [4.69, 9.17) is 9.47 Å². The second kappa shape index (κ2) is 10.3. The van der Waals surface area contributed by atoms with Crippen LogP contribution in [0.5, 0.6) is 11.5 Å². The van der Waals surface area contributed by atoms with Crippen LogP contribution in [0.4, 0.5) is 0 Å². The van der Waals surface area contributed by atoms with Gasteiger partial charge in [0.1, 0.15) is 11.5 Å². The number of piperazine rings is 1. The molecule has 0 atom stereocenters. The SMILES string of the molecule is COc1cccc(OCC(=O)NCCN2CCNCC2)c1.Cl. The van der Waals surface area contributed by atoms with Gasteiger partial charge in [0.15, 0.2) is 6.61 Å². The van der Waals surface area contributed by atoms with Crippen LogP contribution in [0, 0.1) is 0 Å². The molecule has 0 bridgehead atoms. The van der Waals surface area contributed by atoms with Gasteiger partial charge in [0.25, 0.3) is 5.91 Å². The van der Waals surface area contributed by atoms with Crippen LogP contribution in [-0.2, 0) is 4.79 Å². The van der Waals surface area contributed by atoms with Gasteiger partial charge in [-0.25, -0.2) is 0 Å². The zero-order valence-electron chi connectivity index (χ0n) is 12.8. The molecule has 124 valence electrons. The number of nitrogens with zero attached hydrogens (tertiary/aromatic N) is 1. The lowest BCUT2D eigenvalue weighted by Gasteiger charge is -2.27. The van der Waals surface area contributed by atoms with E-state index < -0.39 is 0 Å². The van der Waals surface area contributed by atoms with Crippen molar-refractivity contribution in [1.82, 2.24) is 15.5 Å². The van der Waals surface area contributed by atoms with Crippen molar-refractivity contribution in [3.8, 4) is 11.5 Å². The predicted molar refractivity (Wildman–Crippen MR) is 88.1 cm³/mol. The first-order chi connectivity index (χ1) is 10.3. The fraction of sp³-hybridized carbons (Fsp3) is 0.533. The number of amides is 1. The van der Waals surface area contributed by atoms with Gasteiger partial charge in [-0.2, -0.15) is 0 Å². The van der Waals surface area contributed by atoms with Gasteiger partial charge in [-0.3, -0.25) is 9.69 Å². The molecule has 22 heavy (non-hydrogen) atoms. The Bertz CT molecular complexity index is 453. The summed E-state index contributed by atoms with van der Waals surface area (Å²) < 4.78 is 10.5. The van der Waals surface area contributed by atoms with E-state index in [-0.39, 0.29) is 24.9 Å². The first kappa shape index (κ1) is 18.5. The molecule has 1 amide bonds. The summed E-state index contributed by atoms with van der Waals surface area (Å²) in [5.41, 5.74) is 0. The number of carbonyl (C=O) groups excluding carboxylic acids is 1. The number of carbonyl (C=O) groups is 1. The summed E-state index contributed by atoms with van der Waals surface area (Å²) in [5, 5.41) is 6.17. The summed E-state index contributed by atoms with van der Waals surface area (Å²) >= 11 is 0. The topological polar surface area (TPSA) is 62.8 Å². The molecule has 0 aromatic heterocycles. The van der Waals surface area contributed by atoms with Crippen molar-refractivity contribution in [2.75, 3.05) is 53.0 Å². The van der Waals surface area contributed by atoms with Crippen molar-refractivity contribution >= 4 is 18.3 Å². The van der Waals surface area contributed by atoms with Crippen LogP contribution in [0.25, 0.3) is 0 Å². The Kier molecular flexibility index (Phi) is 8.65. The normalized spacial score (nSPS) is 14.8. The van der Waals surface area contributed by atoms with E-state index >= 15 is 0 Å². The Morgan fingerprint density at radius 1 is 1.32 bits per heavy atom. The average Bonchev–Trinajstić information content (AvgIpc) is 2.54. The lowest BCUT2D eigenvalue weighted by atomic mass is 10.3. The van der Waals surface area contributed by atoms with E-state index in [1.165, 1.54) is 0 Å². The molecule has 0 spiro atoms. The number of nitrogens with one attached hydrogen (secondary N) is 2. The van der Waals surface area contributed by atoms with E-state index in [2.05, 4.69) is 15.5 Å². The van der Waals surface area contributed by atoms with Crippen molar-refractivity contribution in [3.63, 3.8) is 0 Å². The standard InChI is InChI=1S/C15H23N3O3.ClH/c1-20-13-3-2-4-14(11-13)21-12-15(19)17-7-10-18-8-5-16-6-9-18;/h2-4,11,16H,5-10,12H2,1H3,(H,17,19);1H. The Hall–Kier alpha value is -1.50. The number of hydrogen-bond donors (Lipinski definition) is 2. The molecule has 2 N–H and O–H groups in total. The maximum Gasteiger partial charge on any atom is 0.257 e. The molecule has 2 rings (SSSR count). The fourth-order valence-corrected chi connectivity index (χ4v) is 2.18. The Labute approximate surface area is 137 Å². The highest BCUT2D eigenvalue weighted by atomic mass is 35.5. The second-order valence-electron chi connectivity index (χ2n) is 4.91. The first-order valence-corrected chi connectivity index (χ1v) is 7.24. The van der Waals surface area contributed by atoms with Gasteiger partial charge in [-0.15, -0.1) is 12.4 Å². The fourth-order valence-electron chi connectivity index (χ4n) is 2.18. The zero-order valence-corrected chi connectivity index (χ0v) is 13.7. The summed E-state index contributed by atoms with van der Waals surface area (Å²) in [4.78, 5) is 14.0. The number of rotatable bonds is 7. The average molecular weight is 330 g/mol. The molecule has 7 heteroatoms. The van der Waals surface area contributed by atoms with Crippen LogP contribution in [0.3, 0.4) is 0 Å². The van der Waals surface area contributed by atoms with Gasteiger partial charge in [0.2, 0.25) is 0 Å². The molecule has 1 aliphatic heterocycles. The Morgan fingerprint density at radius 3 is 2.77 bits per heavy atom. The number of hydrogen-bond acceptors (Lipinski definition) is 5. The third-order valence-corrected chi connectivity index (χ3v) is 3.37. The predicted octanol–water partition coefficient (Wildman–Crippen LogP) is 0.517. The second-order valence-corrected chi connectivity index (χ2v) is 4.91. The smallest absolute Gasteiger partial charge is 0.257 e. The molecule has 1 saturated heterocycles. The third-order valence-electron chi connectivity index (χ3n) is 3.37. The summed E-state index contributed by atoms with van der Waals surface area (Å²) in [6.07, 6.45) is 0. The van der Waals surface area contributed by atoms with Crippen LogP contribution in [0.15, 0.2) is 24.3 Å². The largest absolute Gasteiger partial charge is 0.497 e. The molecule has 0 aliphatic carbocycles. The monoisotopic (exact) mass is 329 g/mol. The van der Waals surface area contributed by atoms with Crippen LogP contribution in [-0.4, -0.2) is 63.8 Å². The van der Waals surface area contributed by atoms with Gasteiger partial charge in [-0.05, 0) is 12.1 Å². The van der Waals surface area contributed by atoms with Gasteiger partial charge >= 0.3 is 0 Å². The molecule has 0 radical (unpaired) electrons. The van der Waals surface area contributed by atoms with Crippen molar-refractivity contribution < 1.29 is 14.3 Å². The van der Waals surface area contributed by atoms with Crippen molar-refractivity contribution in [3.05, 3.63) is 24.3 Å². The first-order valence-electron chi connectivity index (χ1n) is 7.24. The van der Waals surface area contributed by atoms with Gasteiger partial charge < -0.3 is 20.1 Å². The minimum atomic E-state index is -0.104. The van der Waals surface area contributed by atoms with E-state index in [9.17, 15) is 4.79 Å². The Balaban J connectivity index is 0.00000242. The van der Waals surface area contributed by atoms with Crippen LogP contribution in [0.1, 0.15) is 0 Å². The lowest BCUT2D eigenvalue weighted by molar-refractivity contribution is -0.123. The molecule has 0 saturated carbocycles. The summed E-state index contributed by atoms with van der Waals surface area (Å²) in [6, 6.07) is 7.22. The minimum Gasteiger partial charge on any atom is -0.497 e.